The predicted molar refractivity (Wildman–Crippen MR) is 74.5 cm³/mol. The molecule has 0 amide bonds. The molecule has 17 heavy (non-hydrogen) atoms. The molecule has 0 atom stereocenters. The largest absolute Gasteiger partial charge is 0.399 e. The fourth-order valence-corrected chi connectivity index (χ4v) is 3.02. The summed E-state index contributed by atoms with van der Waals surface area (Å²) in [6.07, 6.45) is 1.72. The topological polar surface area (TPSA) is 38.9 Å². The molecule has 2 heterocycles. The summed E-state index contributed by atoms with van der Waals surface area (Å²) in [6.45, 7) is 0. The van der Waals surface area contributed by atoms with E-state index in [0.717, 1.165) is 26.0 Å². The highest BCUT2D eigenvalue weighted by molar-refractivity contribution is 7.22. The lowest BCUT2D eigenvalue weighted by molar-refractivity contribution is 1.34. The van der Waals surface area contributed by atoms with Crippen LogP contribution in [0.15, 0.2) is 42.6 Å². The molecule has 0 saturated carbocycles. The number of fused-ring (bicyclic) bond motifs is 1. The lowest BCUT2D eigenvalue weighted by atomic mass is 10.2. The number of aromatic nitrogens is 1. The Bertz CT molecular complexity index is 691. The first-order valence-corrected chi connectivity index (χ1v) is 6.33. The first-order valence-electron chi connectivity index (χ1n) is 5.13. The number of hydrogen-bond donors (Lipinski definition) is 1. The van der Waals surface area contributed by atoms with Gasteiger partial charge in [-0.25, -0.2) is 0 Å². The third-order valence-electron chi connectivity index (χ3n) is 2.52. The minimum Gasteiger partial charge on any atom is -0.399 e. The highest BCUT2D eigenvalue weighted by Gasteiger charge is 2.06. The number of anilines is 1. The molecule has 84 valence electrons. The minimum absolute atomic E-state index is 0.727. The van der Waals surface area contributed by atoms with Crippen molar-refractivity contribution >= 4 is 38.7 Å². The molecule has 2 N–H and O–H groups in total. The van der Waals surface area contributed by atoms with E-state index in [1.54, 1.807) is 23.6 Å². The number of benzene rings is 1. The molecule has 0 aliphatic rings. The molecule has 0 bridgehead atoms. The quantitative estimate of drug-likeness (QED) is 0.712. The van der Waals surface area contributed by atoms with Crippen LogP contribution in [0.5, 0.6) is 0 Å². The van der Waals surface area contributed by atoms with Gasteiger partial charge in [-0.1, -0.05) is 17.7 Å². The van der Waals surface area contributed by atoms with Gasteiger partial charge >= 0.3 is 0 Å². The van der Waals surface area contributed by atoms with E-state index in [0.29, 0.717) is 0 Å². The highest BCUT2D eigenvalue weighted by Crippen LogP contribution is 2.34. The van der Waals surface area contributed by atoms with Crippen LogP contribution in [-0.2, 0) is 0 Å². The van der Waals surface area contributed by atoms with Crippen LogP contribution in [0.1, 0.15) is 0 Å². The number of pyridine rings is 1. The Kier molecular flexibility index (Phi) is 2.50. The Morgan fingerprint density at radius 3 is 2.82 bits per heavy atom. The van der Waals surface area contributed by atoms with Gasteiger partial charge in [0, 0.05) is 21.6 Å². The van der Waals surface area contributed by atoms with Crippen molar-refractivity contribution in [1.82, 2.24) is 4.98 Å². The minimum atomic E-state index is 0.727. The molecule has 3 rings (SSSR count). The monoisotopic (exact) mass is 260 g/mol. The molecule has 1 aromatic carbocycles. The third-order valence-corrected chi connectivity index (χ3v) is 3.87. The van der Waals surface area contributed by atoms with Gasteiger partial charge in [0.25, 0.3) is 0 Å². The molecule has 0 aliphatic carbocycles. The van der Waals surface area contributed by atoms with E-state index in [1.807, 2.05) is 24.3 Å². The van der Waals surface area contributed by atoms with Gasteiger partial charge in [0.2, 0.25) is 0 Å². The maximum atomic E-state index is 5.97. The van der Waals surface area contributed by atoms with Crippen LogP contribution in [0.4, 0.5) is 5.69 Å². The summed E-state index contributed by atoms with van der Waals surface area (Å²) in [7, 11) is 0. The van der Waals surface area contributed by atoms with Crippen LogP contribution < -0.4 is 5.73 Å². The van der Waals surface area contributed by atoms with Gasteiger partial charge in [0.05, 0.1) is 10.6 Å². The molecular formula is C13H9ClN2S. The fraction of sp³-hybridized carbons (Fsp3) is 0. The van der Waals surface area contributed by atoms with Gasteiger partial charge in [-0.3, -0.25) is 4.98 Å². The summed E-state index contributed by atoms with van der Waals surface area (Å²) in [5, 5.41) is 1.94. The van der Waals surface area contributed by atoms with Gasteiger partial charge in [-0.05, 0) is 35.7 Å². The molecule has 0 saturated heterocycles. The smallest absolute Gasteiger partial charge is 0.0822 e. The molecule has 0 aliphatic heterocycles. The zero-order chi connectivity index (χ0) is 11.8. The Morgan fingerprint density at radius 1 is 1.12 bits per heavy atom. The standard InChI is InChI=1S/C13H9ClN2S/c14-9-2-1-8-5-13(17-12(8)6-9)11-7-10(15)3-4-16-11/h1-7H,(H2,15,16). The van der Waals surface area contributed by atoms with Gasteiger partial charge in [0.15, 0.2) is 0 Å². The molecule has 0 spiro atoms. The second-order valence-corrected chi connectivity index (χ2v) is 5.29. The number of nitrogens with two attached hydrogens (primary N) is 1. The van der Waals surface area contributed by atoms with Crippen molar-refractivity contribution in [3.05, 3.63) is 47.6 Å². The number of thiophene rings is 1. The van der Waals surface area contributed by atoms with Crippen LogP contribution >= 0.6 is 22.9 Å². The first kappa shape index (κ1) is 10.6. The van der Waals surface area contributed by atoms with E-state index in [4.69, 9.17) is 17.3 Å². The Morgan fingerprint density at radius 2 is 2.00 bits per heavy atom. The molecule has 0 unspecified atom stereocenters. The van der Waals surface area contributed by atoms with Gasteiger partial charge in [-0.2, -0.15) is 0 Å². The second kappa shape index (κ2) is 4.02. The van der Waals surface area contributed by atoms with Crippen LogP contribution in [0, 0.1) is 0 Å². The summed E-state index contributed by atoms with van der Waals surface area (Å²) in [4.78, 5) is 5.43. The van der Waals surface area contributed by atoms with Crippen LogP contribution in [0.2, 0.25) is 5.02 Å². The second-order valence-electron chi connectivity index (χ2n) is 3.77. The molecular weight excluding hydrogens is 252 g/mol. The lowest BCUT2D eigenvalue weighted by Crippen LogP contribution is -1.86. The van der Waals surface area contributed by atoms with Gasteiger partial charge in [-0.15, -0.1) is 11.3 Å². The molecule has 2 nitrogen and oxygen atoms in total. The maximum absolute atomic E-state index is 5.97. The van der Waals surface area contributed by atoms with Crippen molar-refractivity contribution in [3.8, 4) is 10.6 Å². The van der Waals surface area contributed by atoms with E-state index < -0.39 is 0 Å². The maximum Gasteiger partial charge on any atom is 0.0822 e. The van der Waals surface area contributed by atoms with Crippen molar-refractivity contribution < 1.29 is 0 Å². The highest BCUT2D eigenvalue weighted by atomic mass is 35.5. The summed E-state index contributed by atoms with van der Waals surface area (Å²) in [6, 6.07) is 11.7. The zero-order valence-corrected chi connectivity index (χ0v) is 10.4. The molecule has 0 radical (unpaired) electrons. The van der Waals surface area contributed by atoms with Crippen molar-refractivity contribution in [3.63, 3.8) is 0 Å². The molecule has 3 aromatic rings. The SMILES string of the molecule is Nc1ccnc(-c2cc3ccc(Cl)cc3s2)c1. The fourth-order valence-electron chi connectivity index (χ4n) is 1.71. The summed E-state index contributed by atoms with van der Waals surface area (Å²) >= 11 is 7.64. The zero-order valence-electron chi connectivity index (χ0n) is 8.85. The first-order chi connectivity index (χ1) is 8.22. The van der Waals surface area contributed by atoms with Crippen molar-refractivity contribution in [2.75, 3.05) is 5.73 Å². The van der Waals surface area contributed by atoms with Gasteiger partial charge < -0.3 is 5.73 Å². The average Bonchev–Trinajstić information content (AvgIpc) is 2.72. The van der Waals surface area contributed by atoms with E-state index in [-0.39, 0.29) is 0 Å². The van der Waals surface area contributed by atoms with E-state index in [2.05, 4.69) is 11.1 Å². The van der Waals surface area contributed by atoms with Crippen molar-refractivity contribution in [1.29, 1.82) is 0 Å². The Balaban J connectivity index is 2.18. The van der Waals surface area contributed by atoms with Crippen molar-refractivity contribution in [2.45, 2.75) is 0 Å². The van der Waals surface area contributed by atoms with Gasteiger partial charge in [0.1, 0.15) is 0 Å². The predicted octanol–water partition coefficient (Wildman–Crippen LogP) is 4.20. The number of nitrogen functional groups attached to an aromatic ring is 1. The average molecular weight is 261 g/mol. The van der Waals surface area contributed by atoms with E-state index >= 15 is 0 Å². The van der Waals surface area contributed by atoms with E-state index in [9.17, 15) is 0 Å². The number of halogens is 1. The summed E-state index contributed by atoms with van der Waals surface area (Å²) < 4.78 is 1.16. The normalized spacial score (nSPS) is 10.9. The Labute approximate surface area is 108 Å². The molecule has 0 fully saturated rings. The Hall–Kier alpha value is -1.58. The van der Waals surface area contributed by atoms with Crippen LogP contribution in [-0.4, -0.2) is 4.98 Å². The number of nitrogens with zero attached hydrogens (tertiary/aromatic N) is 1. The number of hydrogen-bond acceptors (Lipinski definition) is 3. The number of rotatable bonds is 1. The van der Waals surface area contributed by atoms with E-state index in [1.165, 1.54) is 5.39 Å². The van der Waals surface area contributed by atoms with Crippen LogP contribution in [0.25, 0.3) is 20.7 Å². The molecule has 2 aromatic heterocycles. The lowest BCUT2D eigenvalue weighted by Gasteiger charge is -1.96. The molecule has 4 heteroatoms. The van der Waals surface area contributed by atoms with Crippen molar-refractivity contribution in [2.24, 2.45) is 0 Å². The summed E-state index contributed by atoms with van der Waals surface area (Å²) in [5.41, 5.74) is 7.39. The summed E-state index contributed by atoms with van der Waals surface area (Å²) in [5.74, 6) is 0. The third kappa shape index (κ3) is 1.99. The van der Waals surface area contributed by atoms with Crippen LogP contribution in [0.3, 0.4) is 0 Å².